The Hall–Kier alpha value is -2.79. The smallest absolute Gasteiger partial charge is 0.364 e. The molecule has 2 amide bonds. The van der Waals surface area contributed by atoms with Gasteiger partial charge in [0.2, 0.25) is 11.8 Å². The number of allylic oxidation sites excluding steroid dienone is 3. The van der Waals surface area contributed by atoms with Crippen LogP contribution in [0.15, 0.2) is 24.3 Å². The summed E-state index contributed by atoms with van der Waals surface area (Å²) in [5.74, 6) is -6.15. The first-order valence-electron chi connectivity index (χ1n) is 31.2. The molecule has 3 rings (SSSR count). The minimum absolute atomic E-state index is 0.195. The van der Waals surface area contributed by atoms with Crippen molar-refractivity contribution in [2.24, 2.45) is 0 Å². The number of carboxylic acid groups (broad SMARTS) is 1. The van der Waals surface area contributed by atoms with Crippen LogP contribution in [-0.2, 0) is 42.8 Å². The highest BCUT2D eigenvalue weighted by atomic mass is 16.8. The lowest BCUT2D eigenvalue weighted by atomic mass is 9.88. The number of carbonyl (C=O) groups is 3. The third kappa shape index (κ3) is 26.2. The largest absolute Gasteiger partial charge is 0.477 e. The molecule has 0 saturated carbocycles. The summed E-state index contributed by atoms with van der Waals surface area (Å²) >= 11 is 0. The predicted molar refractivity (Wildman–Crippen MR) is 306 cm³/mol. The van der Waals surface area contributed by atoms with E-state index in [2.05, 4.69) is 36.6 Å². The van der Waals surface area contributed by atoms with Crippen LogP contribution in [0.3, 0.4) is 0 Å². The fourth-order valence-corrected chi connectivity index (χ4v) is 10.8. The van der Waals surface area contributed by atoms with E-state index in [1.54, 1.807) is 6.08 Å². The van der Waals surface area contributed by atoms with Gasteiger partial charge >= 0.3 is 5.97 Å². The number of unbranched alkanes of at least 4 members (excludes halogenated alkanes) is 23. The molecule has 0 aromatic rings. The summed E-state index contributed by atoms with van der Waals surface area (Å²) in [4.78, 5) is 38.4. The Balaban J connectivity index is 1.63. The number of hydrogen-bond donors (Lipinski definition) is 14. The Morgan fingerprint density at radius 2 is 1.13 bits per heavy atom. The number of hydrogen-bond acceptors (Lipinski definition) is 20. The van der Waals surface area contributed by atoms with Gasteiger partial charge in [0.1, 0.15) is 67.1 Å². The molecule has 0 radical (unpaired) electrons. The molecule has 18 atom stereocenters. The maximum Gasteiger partial charge on any atom is 0.364 e. The van der Waals surface area contributed by atoms with Crippen molar-refractivity contribution in [2.75, 3.05) is 26.4 Å². The summed E-state index contributed by atoms with van der Waals surface area (Å²) < 4.78 is 34.6. The lowest BCUT2D eigenvalue weighted by molar-refractivity contribution is -0.386. The van der Waals surface area contributed by atoms with Crippen molar-refractivity contribution in [1.82, 2.24) is 10.6 Å². The fraction of sp³-hybridized carbons (Fsp3) is 0.883. The quantitative estimate of drug-likeness (QED) is 0.0307. The summed E-state index contributed by atoms with van der Waals surface area (Å²) in [6.45, 7) is 2.07. The van der Waals surface area contributed by atoms with Crippen molar-refractivity contribution in [1.29, 1.82) is 0 Å². The van der Waals surface area contributed by atoms with Gasteiger partial charge < -0.3 is 100 Å². The summed E-state index contributed by atoms with van der Waals surface area (Å²) in [6.07, 6.45) is 8.28. The minimum atomic E-state index is -3.08. The summed E-state index contributed by atoms with van der Waals surface area (Å²) in [7, 11) is 0. The summed E-state index contributed by atoms with van der Waals surface area (Å²) in [5, 5.41) is 135. The first-order valence-corrected chi connectivity index (χ1v) is 31.2. The Bertz CT molecular complexity index is 1800. The second-order valence-corrected chi connectivity index (χ2v) is 22.9. The first-order chi connectivity index (χ1) is 39.9. The number of rotatable bonds is 45. The third-order valence-corrected chi connectivity index (χ3v) is 15.9. The van der Waals surface area contributed by atoms with E-state index in [0.29, 0.717) is 12.8 Å². The molecule has 0 aliphatic carbocycles. The molecular formula is C60H108N2O21. The van der Waals surface area contributed by atoms with Crippen LogP contribution in [-0.4, -0.2) is 215 Å². The number of carbonyl (C=O) groups excluding carboxylic acids is 2. The van der Waals surface area contributed by atoms with E-state index >= 15 is 0 Å². The van der Waals surface area contributed by atoms with Crippen LogP contribution >= 0.6 is 0 Å². The van der Waals surface area contributed by atoms with Gasteiger partial charge in [-0.3, -0.25) is 9.59 Å². The lowest BCUT2D eigenvalue weighted by Gasteiger charge is -2.50. The van der Waals surface area contributed by atoms with Crippen molar-refractivity contribution in [3.63, 3.8) is 0 Å². The second kappa shape index (κ2) is 42.2. The monoisotopic (exact) mass is 1190 g/mol. The SMILES string of the molecule is CCCCCCCCCC/C=C\CCCCCCCCCC(=O)NC(COC1OC(CO)C(OC2OC(CO)C(O)C(OC3(C(=O)O)CC(O)C(NC(C)=O)C(C(O)C(O)CO)O3)C2O)C(O)C1O)C(O)/C=C/CCCCCCCCCC. The molecular weight excluding hydrogens is 1080 g/mol. The summed E-state index contributed by atoms with van der Waals surface area (Å²) in [6, 6.07) is -2.62. The molecule has 14 N–H and O–H groups in total. The number of ether oxygens (including phenoxy) is 6. The Morgan fingerprint density at radius 3 is 1.64 bits per heavy atom. The fourth-order valence-electron chi connectivity index (χ4n) is 10.8. The van der Waals surface area contributed by atoms with Gasteiger partial charge in [-0.25, -0.2) is 4.79 Å². The van der Waals surface area contributed by atoms with Crippen molar-refractivity contribution < 1.29 is 104 Å². The molecule has 23 nitrogen and oxygen atoms in total. The first kappa shape index (κ1) is 74.5. The van der Waals surface area contributed by atoms with E-state index in [1.165, 1.54) is 83.5 Å². The number of nitrogens with one attached hydrogen (secondary N) is 2. The lowest BCUT2D eigenvalue weighted by Crippen LogP contribution is -2.70. The van der Waals surface area contributed by atoms with Gasteiger partial charge in [0.25, 0.3) is 5.79 Å². The third-order valence-electron chi connectivity index (χ3n) is 15.9. The Kier molecular flexibility index (Phi) is 37.8. The molecule has 23 heteroatoms. The normalized spacial score (nSPS) is 30.1. The van der Waals surface area contributed by atoms with E-state index in [9.17, 15) is 75.7 Å². The van der Waals surface area contributed by atoms with Crippen LogP contribution in [0.1, 0.15) is 201 Å². The van der Waals surface area contributed by atoms with Gasteiger partial charge in [0.15, 0.2) is 12.6 Å². The Labute approximate surface area is 492 Å². The van der Waals surface area contributed by atoms with Gasteiger partial charge in [0.05, 0.1) is 50.7 Å². The average molecular weight is 1190 g/mol. The molecule has 484 valence electrons. The molecule has 0 aromatic heterocycles. The maximum atomic E-state index is 13.4. The molecule has 3 aliphatic heterocycles. The highest BCUT2D eigenvalue weighted by molar-refractivity contribution is 5.77. The van der Waals surface area contributed by atoms with Gasteiger partial charge in [0, 0.05) is 19.8 Å². The van der Waals surface area contributed by atoms with Crippen molar-refractivity contribution in [2.45, 2.75) is 310 Å². The van der Waals surface area contributed by atoms with Crippen LogP contribution in [0.4, 0.5) is 0 Å². The molecule has 3 heterocycles. The van der Waals surface area contributed by atoms with Crippen LogP contribution in [0.2, 0.25) is 0 Å². The van der Waals surface area contributed by atoms with Gasteiger partial charge in [-0.15, -0.1) is 0 Å². The standard InChI is InChI=1S/C60H108N2O21/c1-4-6-8-10-12-14-16-17-18-19-20-21-22-23-24-26-28-30-32-34-47(70)62-41(42(67)33-31-29-27-25-15-13-11-9-7-5-2)39-78-57-52(74)51(73)54(46(38-65)80-57)81-58-53(75)56(50(72)45(37-64)79-58)83-60(59(76)77)35-43(68)48(61-40(3)66)55(82-60)49(71)44(69)36-63/h19-20,31,33,41-46,48-58,63-65,67-69,71-75H,4-18,21-30,32,34-39H2,1-3H3,(H,61,66)(H,62,70)(H,76,77)/b20-19-,33-31+. The number of carboxylic acids is 1. The predicted octanol–water partition coefficient (Wildman–Crippen LogP) is 3.33. The highest BCUT2D eigenvalue weighted by Crippen LogP contribution is 2.38. The number of aliphatic hydroxyl groups excluding tert-OH is 11. The van der Waals surface area contributed by atoms with Gasteiger partial charge in [-0.05, 0) is 44.9 Å². The topological polar surface area (TPSA) is 373 Å². The van der Waals surface area contributed by atoms with E-state index in [0.717, 1.165) is 77.6 Å². The zero-order chi connectivity index (χ0) is 61.2. The molecule has 0 aromatic carbocycles. The van der Waals surface area contributed by atoms with Crippen LogP contribution < -0.4 is 10.6 Å². The molecule has 0 bridgehead atoms. The molecule has 18 unspecified atom stereocenters. The maximum absolute atomic E-state index is 13.4. The van der Waals surface area contributed by atoms with E-state index < -0.39 is 155 Å². The Morgan fingerprint density at radius 1 is 0.627 bits per heavy atom. The molecule has 3 fully saturated rings. The summed E-state index contributed by atoms with van der Waals surface area (Å²) in [5.41, 5.74) is 0. The van der Waals surface area contributed by atoms with E-state index in [4.69, 9.17) is 28.4 Å². The van der Waals surface area contributed by atoms with Crippen molar-refractivity contribution >= 4 is 17.8 Å². The number of amides is 2. The number of aliphatic carboxylic acids is 1. The van der Waals surface area contributed by atoms with Crippen LogP contribution in [0, 0.1) is 0 Å². The van der Waals surface area contributed by atoms with Gasteiger partial charge in [-0.1, -0.05) is 160 Å². The van der Waals surface area contributed by atoms with Crippen LogP contribution in [0.25, 0.3) is 0 Å². The van der Waals surface area contributed by atoms with Gasteiger partial charge in [-0.2, -0.15) is 0 Å². The molecule has 83 heavy (non-hydrogen) atoms. The second-order valence-electron chi connectivity index (χ2n) is 22.9. The zero-order valence-corrected chi connectivity index (χ0v) is 49.8. The van der Waals surface area contributed by atoms with E-state index in [1.807, 2.05) is 6.08 Å². The number of aliphatic hydroxyl groups is 11. The highest BCUT2D eigenvalue weighted by Gasteiger charge is 2.60. The van der Waals surface area contributed by atoms with E-state index in [-0.39, 0.29) is 12.3 Å². The van der Waals surface area contributed by atoms with Crippen LogP contribution in [0.5, 0.6) is 0 Å². The molecule has 3 aliphatic rings. The van der Waals surface area contributed by atoms with Crippen molar-refractivity contribution in [3.8, 4) is 0 Å². The molecule has 3 saturated heterocycles. The minimum Gasteiger partial charge on any atom is -0.477 e. The molecule has 0 spiro atoms. The van der Waals surface area contributed by atoms with Crippen molar-refractivity contribution in [3.05, 3.63) is 24.3 Å². The average Bonchev–Trinajstić information content (AvgIpc) is 2.65. The zero-order valence-electron chi connectivity index (χ0n) is 49.8.